The third-order valence-electron chi connectivity index (χ3n) is 4.93. The molecular weight excluding hydrogens is 397 g/mol. The number of nitrogens with one attached hydrogen (secondary N) is 2. The zero-order chi connectivity index (χ0) is 21.3. The van der Waals surface area contributed by atoms with Crippen molar-refractivity contribution in [1.29, 1.82) is 0 Å². The van der Waals surface area contributed by atoms with Gasteiger partial charge in [0.25, 0.3) is 5.91 Å². The lowest BCUT2D eigenvalue weighted by Gasteiger charge is -2.22. The van der Waals surface area contributed by atoms with Crippen molar-refractivity contribution in [2.45, 2.75) is 32.2 Å². The van der Waals surface area contributed by atoms with Crippen molar-refractivity contribution in [2.75, 3.05) is 11.9 Å². The maximum atomic E-state index is 13.8. The van der Waals surface area contributed by atoms with E-state index in [1.807, 2.05) is 12.1 Å². The first kappa shape index (κ1) is 20.8. The Morgan fingerprint density at radius 3 is 2.48 bits per heavy atom. The Balaban J connectivity index is 1.76. The highest BCUT2D eigenvalue weighted by Crippen LogP contribution is 2.30. The first-order valence-electron chi connectivity index (χ1n) is 9.11. The Labute approximate surface area is 173 Å². The number of nitrogens with zero attached hydrogens (tertiary/aromatic N) is 1. The highest BCUT2D eigenvalue weighted by molar-refractivity contribution is 6.30. The number of hydrogen-bond acceptors (Lipinski definition) is 3. The van der Waals surface area contributed by atoms with Crippen LogP contribution in [0.2, 0.25) is 5.02 Å². The van der Waals surface area contributed by atoms with Crippen molar-refractivity contribution in [3.63, 3.8) is 0 Å². The van der Waals surface area contributed by atoms with Crippen LogP contribution in [0.3, 0.4) is 0 Å². The summed E-state index contributed by atoms with van der Waals surface area (Å²) in [6.45, 7) is 5.16. The fourth-order valence-electron chi connectivity index (χ4n) is 3.16. The number of carbonyl (C=O) groups excluding carboxylic acids is 3. The van der Waals surface area contributed by atoms with E-state index in [1.165, 1.54) is 12.1 Å². The van der Waals surface area contributed by atoms with Crippen LogP contribution in [0.5, 0.6) is 0 Å². The van der Waals surface area contributed by atoms with Gasteiger partial charge >= 0.3 is 6.03 Å². The minimum absolute atomic E-state index is 0.124. The first-order chi connectivity index (χ1) is 13.6. The molecule has 0 bridgehead atoms. The van der Waals surface area contributed by atoms with E-state index in [0.29, 0.717) is 11.5 Å². The van der Waals surface area contributed by atoms with Crippen molar-refractivity contribution in [3.8, 4) is 0 Å². The molecule has 4 amide bonds. The van der Waals surface area contributed by atoms with Gasteiger partial charge < -0.3 is 10.6 Å². The predicted octanol–water partition coefficient (Wildman–Crippen LogP) is 4.01. The quantitative estimate of drug-likeness (QED) is 0.721. The molecule has 6 nitrogen and oxygen atoms in total. The van der Waals surface area contributed by atoms with Crippen LogP contribution in [-0.4, -0.2) is 29.3 Å². The fraction of sp³-hybridized carbons (Fsp3) is 0.286. The van der Waals surface area contributed by atoms with Gasteiger partial charge in [0.2, 0.25) is 5.91 Å². The van der Waals surface area contributed by atoms with Gasteiger partial charge in [-0.25, -0.2) is 9.18 Å². The number of halogens is 2. The lowest BCUT2D eigenvalue weighted by atomic mass is 9.90. The molecule has 2 aromatic carbocycles. The monoisotopic (exact) mass is 417 g/mol. The lowest BCUT2D eigenvalue weighted by molar-refractivity contribution is -0.133. The summed E-state index contributed by atoms with van der Waals surface area (Å²) in [5.74, 6) is -1.61. The van der Waals surface area contributed by atoms with E-state index in [2.05, 4.69) is 24.5 Å². The van der Waals surface area contributed by atoms with Gasteiger partial charge in [0.15, 0.2) is 0 Å². The fourth-order valence-corrected chi connectivity index (χ4v) is 3.34. The van der Waals surface area contributed by atoms with Crippen molar-refractivity contribution >= 4 is 35.1 Å². The van der Waals surface area contributed by atoms with E-state index < -0.39 is 35.7 Å². The van der Waals surface area contributed by atoms with E-state index in [0.717, 1.165) is 16.5 Å². The molecule has 0 spiro atoms. The number of hydrogen-bond donors (Lipinski definition) is 2. The predicted molar refractivity (Wildman–Crippen MR) is 108 cm³/mol. The van der Waals surface area contributed by atoms with Gasteiger partial charge in [0.05, 0.1) is 5.69 Å². The summed E-state index contributed by atoms with van der Waals surface area (Å²) < 4.78 is 13.8. The molecule has 2 N–H and O–H groups in total. The Morgan fingerprint density at radius 2 is 1.86 bits per heavy atom. The molecule has 1 aliphatic rings. The average molecular weight is 418 g/mol. The second-order valence-corrected chi connectivity index (χ2v) is 7.83. The molecule has 0 aliphatic carbocycles. The number of benzene rings is 2. The zero-order valence-corrected chi connectivity index (χ0v) is 17.0. The summed E-state index contributed by atoms with van der Waals surface area (Å²) in [4.78, 5) is 38.4. The van der Waals surface area contributed by atoms with Gasteiger partial charge in [0, 0.05) is 5.02 Å². The standard InChI is InChI=1S/C21H21ClFN3O3/c1-12(2)13-4-6-14(7-5-13)21(3)19(28)26(20(29)25-21)11-18(27)24-17-10-15(22)8-9-16(17)23/h4-10,12H,11H2,1-3H3,(H,24,27)(H,25,29)/t21-/m0/s1. The smallest absolute Gasteiger partial charge is 0.322 e. The number of amides is 4. The van der Waals surface area contributed by atoms with Gasteiger partial charge in [-0.2, -0.15) is 0 Å². The highest BCUT2D eigenvalue weighted by Gasteiger charge is 2.49. The van der Waals surface area contributed by atoms with Gasteiger partial charge in [-0.05, 0) is 42.2 Å². The summed E-state index contributed by atoms with van der Waals surface area (Å²) in [5, 5.41) is 5.23. The van der Waals surface area contributed by atoms with Crippen molar-refractivity contribution in [3.05, 3.63) is 64.4 Å². The molecule has 2 aromatic rings. The normalized spacial score (nSPS) is 18.9. The van der Waals surface area contributed by atoms with Crippen LogP contribution in [0.25, 0.3) is 0 Å². The second kappa shape index (κ2) is 7.83. The molecule has 152 valence electrons. The zero-order valence-electron chi connectivity index (χ0n) is 16.3. The summed E-state index contributed by atoms with van der Waals surface area (Å²) >= 11 is 5.81. The average Bonchev–Trinajstić information content (AvgIpc) is 2.89. The van der Waals surface area contributed by atoms with E-state index >= 15 is 0 Å². The third-order valence-corrected chi connectivity index (χ3v) is 5.17. The molecule has 0 radical (unpaired) electrons. The SMILES string of the molecule is CC(C)c1ccc([C@]2(C)NC(=O)N(CC(=O)Nc3cc(Cl)ccc3F)C2=O)cc1. The number of imide groups is 1. The molecule has 1 aliphatic heterocycles. The topological polar surface area (TPSA) is 78.5 Å². The van der Waals surface area contributed by atoms with Crippen molar-refractivity contribution in [1.82, 2.24) is 10.2 Å². The van der Waals surface area contributed by atoms with E-state index in [1.54, 1.807) is 19.1 Å². The second-order valence-electron chi connectivity index (χ2n) is 7.40. The molecular formula is C21H21ClFN3O3. The third kappa shape index (κ3) is 4.10. The lowest BCUT2D eigenvalue weighted by Crippen LogP contribution is -2.42. The van der Waals surface area contributed by atoms with Gasteiger partial charge in [-0.1, -0.05) is 49.7 Å². The molecule has 29 heavy (non-hydrogen) atoms. The highest BCUT2D eigenvalue weighted by atomic mass is 35.5. The number of carbonyl (C=O) groups is 3. The Hall–Kier alpha value is -2.93. The van der Waals surface area contributed by atoms with Gasteiger partial charge in [0.1, 0.15) is 17.9 Å². The van der Waals surface area contributed by atoms with Crippen LogP contribution >= 0.6 is 11.6 Å². The number of urea groups is 1. The van der Waals surface area contributed by atoms with Gasteiger partial charge in [-0.3, -0.25) is 14.5 Å². The molecule has 0 aromatic heterocycles. The minimum atomic E-state index is -1.28. The van der Waals surface area contributed by atoms with Crippen LogP contribution in [-0.2, 0) is 15.1 Å². The number of rotatable bonds is 5. The summed E-state index contributed by atoms with van der Waals surface area (Å²) in [5.41, 5.74) is 0.313. The Morgan fingerprint density at radius 1 is 1.21 bits per heavy atom. The molecule has 1 atom stereocenters. The number of anilines is 1. The van der Waals surface area contributed by atoms with Crippen LogP contribution < -0.4 is 10.6 Å². The van der Waals surface area contributed by atoms with E-state index in [-0.39, 0.29) is 10.7 Å². The van der Waals surface area contributed by atoms with Crippen molar-refractivity contribution < 1.29 is 18.8 Å². The summed E-state index contributed by atoms with van der Waals surface area (Å²) in [7, 11) is 0. The molecule has 1 heterocycles. The molecule has 1 saturated heterocycles. The molecule has 1 fully saturated rings. The minimum Gasteiger partial charge on any atom is -0.322 e. The maximum absolute atomic E-state index is 13.8. The first-order valence-corrected chi connectivity index (χ1v) is 9.49. The maximum Gasteiger partial charge on any atom is 0.325 e. The van der Waals surface area contributed by atoms with Crippen LogP contribution in [0.4, 0.5) is 14.9 Å². The van der Waals surface area contributed by atoms with E-state index in [9.17, 15) is 18.8 Å². The largest absolute Gasteiger partial charge is 0.325 e. The Kier molecular flexibility index (Phi) is 5.61. The van der Waals surface area contributed by atoms with Gasteiger partial charge in [-0.15, -0.1) is 0 Å². The molecule has 3 rings (SSSR count). The van der Waals surface area contributed by atoms with E-state index in [4.69, 9.17) is 11.6 Å². The van der Waals surface area contributed by atoms with Crippen LogP contribution in [0, 0.1) is 5.82 Å². The summed E-state index contributed by atoms with van der Waals surface area (Å²) in [6.07, 6.45) is 0. The molecule has 0 saturated carbocycles. The Bertz CT molecular complexity index is 978. The van der Waals surface area contributed by atoms with Crippen LogP contribution in [0.1, 0.15) is 37.8 Å². The van der Waals surface area contributed by atoms with Crippen molar-refractivity contribution in [2.24, 2.45) is 0 Å². The molecule has 0 unspecified atom stereocenters. The molecule has 8 heteroatoms. The summed E-state index contributed by atoms with van der Waals surface area (Å²) in [6, 6.07) is 10.4. The van der Waals surface area contributed by atoms with Crippen LogP contribution in [0.15, 0.2) is 42.5 Å².